The summed E-state index contributed by atoms with van der Waals surface area (Å²) in [6.45, 7) is 7.37. The van der Waals surface area contributed by atoms with Crippen LogP contribution >= 0.6 is 12.4 Å². The molecule has 0 saturated carbocycles. The Hall–Kier alpha value is 0.730. The van der Waals surface area contributed by atoms with Crippen molar-refractivity contribution < 1.29 is 21.5 Å². The number of nitrogens with zero attached hydrogens (tertiary/aromatic N) is 1. The molecule has 0 fully saturated rings. The van der Waals surface area contributed by atoms with Gasteiger partial charge in [0.2, 0.25) is 0 Å². The van der Waals surface area contributed by atoms with Crippen molar-refractivity contribution in [1.29, 1.82) is 0 Å². The van der Waals surface area contributed by atoms with Gasteiger partial charge >= 0.3 is 0 Å². The highest BCUT2D eigenvalue weighted by atomic mass is 79.9. The lowest BCUT2D eigenvalue weighted by Gasteiger charge is -2.30. The molecule has 1 nitrogen and oxygen atoms in total. The van der Waals surface area contributed by atoms with Crippen LogP contribution in [-0.2, 0) is 0 Å². The zero-order chi connectivity index (χ0) is 20.1. The van der Waals surface area contributed by atoms with E-state index in [4.69, 9.17) is 0 Å². The molecule has 0 aliphatic heterocycles. The summed E-state index contributed by atoms with van der Waals surface area (Å²) < 4.78 is 1.24. The van der Waals surface area contributed by atoms with Gasteiger partial charge in [0, 0.05) is 0 Å². The van der Waals surface area contributed by atoms with Crippen LogP contribution in [0.15, 0.2) is 0 Å². The first kappa shape index (κ1) is 34.3. The summed E-state index contributed by atoms with van der Waals surface area (Å²) in [5.41, 5.74) is 0. The Bertz CT molecular complexity index is 258. The Kier molecular flexibility index (Phi) is 31.7. The number of unbranched alkanes of at least 4 members (excludes halogenated alkanes) is 18. The fraction of sp³-hybridized carbons (Fsp3) is 1.00. The van der Waals surface area contributed by atoms with Gasteiger partial charge in [0.1, 0.15) is 0 Å². The van der Waals surface area contributed by atoms with Gasteiger partial charge in [0.25, 0.3) is 0 Å². The van der Waals surface area contributed by atoms with E-state index in [-0.39, 0.29) is 29.4 Å². The summed E-state index contributed by atoms with van der Waals surface area (Å²) in [5, 5.41) is 0. The molecule has 0 amide bonds. The first-order valence-corrected chi connectivity index (χ1v) is 12.9. The highest BCUT2D eigenvalue weighted by Gasteiger charge is 2.13. The highest BCUT2D eigenvalue weighted by Crippen LogP contribution is 2.14. The normalized spacial score (nSPS) is 11.2. The maximum Gasteiger partial charge on any atom is 0.0782 e. The second kappa shape index (κ2) is 26.8. The van der Waals surface area contributed by atoms with E-state index in [0.717, 1.165) is 0 Å². The number of rotatable bonds is 22. The Morgan fingerprint density at radius 3 is 0.828 bits per heavy atom. The molecule has 29 heavy (non-hydrogen) atoms. The molecule has 3 heteroatoms. The van der Waals surface area contributed by atoms with Gasteiger partial charge in [-0.25, -0.2) is 0 Å². The van der Waals surface area contributed by atoms with E-state index in [1.165, 1.54) is 146 Å². The second-order valence-electron chi connectivity index (χ2n) is 9.75. The Morgan fingerprint density at radius 1 is 0.379 bits per heavy atom. The fourth-order valence-electron chi connectivity index (χ4n) is 4.17. The van der Waals surface area contributed by atoms with Crippen LogP contribution in [0.3, 0.4) is 0 Å². The van der Waals surface area contributed by atoms with E-state index in [0.29, 0.717) is 0 Å². The smallest absolute Gasteiger partial charge is 0.0782 e. The maximum absolute atomic E-state index is 2.45. The molecule has 0 atom stereocenters. The molecule has 0 unspecified atom stereocenters. The van der Waals surface area contributed by atoms with Crippen molar-refractivity contribution in [1.82, 2.24) is 0 Å². The fourth-order valence-corrected chi connectivity index (χ4v) is 4.17. The third-order valence-electron chi connectivity index (χ3n) is 6.23. The monoisotopic (exact) mass is 497 g/mol. The molecular weight excluding hydrogens is 442 g/mol. The minimum Gasteiger partial charge on any atom is -1.00 e. The Balaban J connectivity index is -0.00000338. The van der Waals surface area contributed by atoms with Crippen molar-refractivity contribution in [2.75, 3.05) is 27.2 Å². The van der Waals surface area contributed by atoms with E-state index in [1.54, 1.807) is 0 Å². The van der Waals surface area contributed by atoms with Gasteiger partial charge in [0.05, 0.1) is 27.2 Å². The predicted molar refractivity (Wildman–Crippen MR) is 133 cm³/mol. The lowest BCUT2D eigenvalue weighted by Crippen LogP contribution is -3.00. The van der Waals surface area contributed by atoms with E-state index >= 15 is 0 Å². The summed E-state index contributed by atoms with van der Waals surface area (Å²) in [6.07, 6.45) is 29.0. The van der Waals surface area contributed by atoms with Crippen LogP contribution in [0.2, 0.25) is 0 Å². The van der Waals surface area contributed by atoms with Crippen LogP contribution in [0.5, 0.6) is 0 Å². The van der Waals surface area contributed by atoms with Crippen molar-refractivity contribution in [2.45, 2.75) is 142 Å². The van der Waals surface area contributed by atoms with Gasteiger partial charge < -0.3 is 21.5 Å². The largest absolute Gasteiger partial charge is 1.00 e. The average molecular weight is 499 g/mol. The third-order valence-corrected chi connectivity index (χ3v) is 6.23. The quantitative estimate of drug-likeness (QED) is 0.121. The van der Waals surface area contributed by atoms with Gasteiger partial charge in [-0.3, -0.25) is 0 Å². The molecule has 0 rings (SSSR count). The van der Waals surface area contributed by atoms with Crippen molar-refractivity contribution in [3.63, 3.8) is 0 Å². The molecule has 0 radical (unpaired) electrons. The molecule has 180 valence electrons. The lowest BCUT2D eigenvalue weighted by atomic mass is 10.1. The van der Waals surface area contributed by atoms with E-state index in [2.05, 4.69) is 27.9 Å². The summed E-state index contributed by atoms with van der Waals surface area (Å²) in [6, 6.07) is 0. The number of quaternary nitrogens is 1. The zero-order valence-corrected chi connectivity index (χ0v) is 23.2. The van der Waals surface area contributed by atoms with Gasteiger partial charge in [-0.1, -0.05) is 117 Å². The summed E-state index contributed by atoms with van der Waals surface area (Å²) in [5.74, 6) is 0. The molecule has 0 aromatic rings. The molecule has 0 N–H and O–H groups in total. The zero-order valence-electron chi connectivity index (χ0n) is 20.8. The summed E-state index contributed by atoms with van der Waals surface area (Å²) in [4.78, 5) is 0. The van der Waals surface area contributed by atoms with Crippen molar-refractivity contribution >= 4 is 12.4 Å². The van der Waals surface area contributed by atoms with Gasteiger partial charge in [-0.15, -0.1) is 12.4 Å². The first-order valence-electron chi connectivity index (χ1n) is 12.9. The SMILES string of the molecule is CCCCCCCCCCCC[N+](C)(C)CCCCCCCCCCCC.Cl.[Br-]. The van der Waals surface area contributed by atoms with Crippen LogP contribution in [0.25, 0.3) is 0 Å². The Morgan fingerprint density at radius 2 is 0.586 bits per heavy atom. The molecule has 0 aliphatic rings. The lowest BCUT2D eigenvalue weighted by molar-refractivity contribution is -0.890. The minimum absolute atomic E-state index is 0. The van der Waals surface area contributed by atoms with Crippen LogP contribution in [-0.4, -0.2) is 31.7 Å². The first-order chi connectivity index (χ1) is 13.1. The van der Waals surface area contributed by atoms with Gasteiger partial charge in [-0.05, 0) is 25.7 Å². The highest BCUT2D eigenvalue weighted by molar-refractivity contribution is 5.85. The summed E-state index contributed by atoms with van der Waals surface area (Å²) in [7, 11) is 4.89. The van der Waals surface area contributed by atoms with Gasteiger partial charge in [-0.2, -0.15) is 0 Å². The maximum atomic E-state index is 2.45. The topological polar surface area (TPSA) is 0 Å². The molecular formula is C26H57BrClN. The van der Waals surface area contributed by atoms with Crippen molar-refractivity contribution in [2.24, 2.45) is 0 Å². The predicted octanol–water partition coefficient (Wildman–Crippen LogP) is 6.33. The van der Waals surface area contributed by atoms with Crippen LogP contribution in [0, 0.1) is 0 Å². The van der Waals surface area contributed by atoms with E-state index in [9.17, 15) is 0 Å². The number of hydrogen-bond donors (Lipinski definition) is 0. The van der Waals surface area contributed by atoms with E-state index < -0.39 is 0 Å². The average Bonchev–Trinajstić information content (AvgIpc) is 2.64. The molecule has 0 aliphatic carbocycles. The van der Waals surface area contributed by atoms with Crippen LogP contribution in [0.4, 0.5) is 0 Å². The minimum atomic E-state index is 0. The van der Waals surface area contributed by atoms with E-state index in [1.807, 2.05) is 0 Å². The molecule has 0 spiro atoms. The number of hydrogen-bond acceptors (Lipinski definition) is 0. The Labute approximate surface area is 202 Å². The van der Waals surface area contributed by atoms with Crippen LogP contribution in [0.1, 0.15) is 142 Å². The molecule has 0 aromatic carbocycles. The molecule has 0 aromatic heterocycles. The molecule has 0 bridgehead atoms. The van der Waals surface area contributed by atoms with Gasteiger partial charge in [0.15, 0.2) is 0 Å². The molecule has 0 saturated heterocycles. The molecule has 0 heterocycles. The standard InChI is InChI=1S/C26H56N.BrH.ClH/c1-5-7-9-11-13-15-17-19-21-23-25-27(3,4)26-24-22-20-18-16-14-12-10-8-6-2;;/h5-26H2,1-4H3;2*1H/q+1;;/p-1. The van der Waals surface area contributed by atoms with Crippen molar-refractivity contribution in [3.8, 4) is 0 Å². The van der Waals surface area contributed by atoms with Crippen LogP contribution < -0.4 is 17.0 Å². The van der Waals surface area contributed by atoms with Crippen molar-refractivity contribution in [3.05, 3.63) is 0 Å². The second-order valence-corrected chi connectivity index (χ2v) is 9.75. The number of halogens is 2. The summed E-state index contributed by atoms with van der Waals surface area (Å²) >= 11 is 0. The third kappa shape index (κ3) is 28.7.